The number of para-hydroxylation sites is 1. The second-order valence-corrected chi connectivity index (χ2v) is 6.49. The van der Waals surface area contributed by atoms with Crippen molar-refractivity contribution in [2.45, 2.75) is 5.60 Å². The molecular formula is C23H24ClNO2. The molecular weight excluding hydrogens is 358 g/mol. The Bertz CT molecular complexity index is 797. The van der Waals surface area contributed by atoms with E-state index in [1.807, 2.05) is 110 Å². The lowest BCUT2D eigenvalue weighted by molar-refractivity contribution is -0.132. The Labute approximate surface area is 167 Å². The quantitative estimate of drug-likeness (QED) is 0.600. The molecule has 0 heterocycles. The largest absolute Gasteiger partial charge is 0.470 e. The fourth-order valence-corrected chi connectivity index (χ4v) is 3.07. The number of likely N-dealkylation sites (N-methyl/N-ethyl adjacent to an activating group) is 1. The molecule has 27 heavy (non-hydrogen) atoms. The van der Waals surface area contributed by atoms with E-state index in [0.29, 0.717) is 5.75 Å². The third-order valence-electron chi connectivity index (χ3n) is 4.23. The van der Waals surface area contributed by atoms with Crippen LogP contribution < -0.4 is 4.74 Å². The molecule has 0 aliphatic rings. The molecule has 3 rings (SSSR count). The van der Waals surface area contributed by atoms with Gasteiger partial charge in [0.15, 0.2) is 5.78 Å². The zero-order chi connectivity index (χ0) is 18.4. The van der Waals surface area contributed by atoms with Crippen molar-refractivity contribution in [3.05, 3.63) is 102 Å². The topological polar surface area (TPSA) is 29.5 Å². The van der Waals surface area contributed by atoms with Gasteiger partial charge in [0.05, 0.1) is 6.54 Å². The summed E-state index contributed by atoms with van der Waals surface area (Å²) in [4.78, 5) is 15.4. The number of carbonyl (C=O) groups excluding carboxylic acids is 1. The Kier molecular flexibility index (Phi) is 7.17. The van der Waals surface area contributed by atoms with Gasteiger partial charge >= 0.3 is 0 Å². The Morgan fingerprint density at radius 2 is 1.19 bits per heavy atom. The van der Waals surface area contributed by atoms with Crippen LogP contribution >= 0.6 is 12.4 Å². The molecule has 0 bridgehead atoms. The van der Waals surface area contributed by atoms with Crippen LogP contribution in [-0.4, -0.2) is 31.3 Å². The number of carbonyl (C=O) groups is 1. The van der Waals surface area contributed by atoms with E-state index >= 15 is 0 Å². The van der Waals surface area contributed by atoms with E-state index in [1.54, 1.807) is 0 Å². The summed E-state index contributed by atoms with van der Waals surface area (Å²) in [6, 6.07) is 28.9. The lowest BCUT2D eigenvalue weighted by Crippen LogP contribution is -2.47. The van der Waals surface area contributed by atoms with Gasteiger partial charge < -0.3 is 9.64 Å². The lowest BCUT2D eigenvalue weighted by atomic mass is 9.82. The fourth-order valence-electron chi connectivity index (χ4n) is 3.07. The molecule has 0 radical (unpaired) electrons. The maximum atomic E-state index is 13.5. The van der Waals surface area contributed by atoms with E-state index in [1.165, 1.54) is 0 Å². The minimum absolute atomic E-state index is 0. The molecule has 0 atom stereocenters. The van der Waals surface area contributed by atoms with Crippen LogP contribution in [0.25, 0.3) is 0 Å². The van der Waals surface area contributed by atoms with Gasteiger partial charge in [-0.25, -0.2) is 0 Å². The van der Waals surface area contributed by atoms with Gasteiger partial charge in [0.25, 0.3) is 0 Å². The minimum Gasteiger partial charge on any atom is -0.470 e. The zero-order valence-corrected chi connectivity index (χ0v) is 16.4. The average Bonchev–Trinajstić information content (AvgIpc) is 2.68. The first-order valence-corrected chi connectivity index (χ1v) is 8.66. The first kappa shape index (κ1) is 20.7. The van der Waals surface area contributed by atoms with Gasteiger partial charge in [-0.1, -0.05) is 78.9 Å². The predicted octanol–water partition coefficient (Wildman–Crippen LogP) is 4.56. The molecule has 0 aliphatic carbocycles. The van der Waals surface area contributed by atoms with Crippen LogP contribution in [0, 0.1) is 0 Å². The Balaban J connectivity index is 0.00000261. The van der Waals surface area contributed by atoms with Crippen molar-refractivity contribution in [3.8, 4) is 5.75 Å². The number of Topliss-reactive ketones (excluding diaryl/α,β-unsaturated/α-hetero) is 1. The highest BCUT2D eigenvalue weighted by Gasteiger charge is 2.44. The zero-order valence-electron chi connectivity index (χ0n) is 15.5. The number of rotatable bonds is 7. The number of ketones is 1. The highest BCUT2D eigenvalue weighted by Crippen LogP contribution is 2.36. The van der Waals surface area contributed by atoms with Crippen molar-refractivity contribution in [3.63, 3.8) is 0 Å². The Morgan fingerprint density at radius 3 is 1.59 bits per heavy atom. The molecule has 0 saturated carbocycles. The van der Waals surface area contributed by atoms with Crippen LogP contribution in [0.4, 0.5) is 0 Å². The van der Waals surface area contributed by atoms with E-state index in [-0.39, 0.29) is 24.7 Å². The second-order valence-electron chi connectivity index (χ2n) is 6.49. The second kappa shape index (κ2) is 9.36. The summed E-state index contributed by atoms with van der Waals surface area (Å²) in [5.41, 5.74) is 0.442. The molecule has 0 amide bonds. The third-order valence-corrected chi connectivity index (χ3v) is 4.23. The monoisotopic (exact) mass is 381 g/mol. The van der Waals surface area contributed by atoms with Gasteiger partial charge in [0.1, 0.15) is 5.75 Å². The van der Waals surface area contributed by atoms with Crippen molar-refractivity contribution in [2.75, 3.05) is 20.6 Å². The summed E-state index contributed by atoms with van der Waals surface area (Å²) in [5.74, 6) is 0.649. The van der Waals surface area contributed by atoms with Gasteiger partial charge in [-0.2, -0.15) is 0 Å². The molecule has 4 heteroatoms. The van der Waals surface area contributed by atoms with Gasteiger partial charge in [0, 0.05) is 11.1 Å². The Morgan fingerprint density at radius 1 is 0.778 bits per heavy atom. The van der Waals surface area contributed by atoms with Crippen LogP contribution in [-0.2, 0) is 10.4 Å². The van der Waals surface area contributed by atoms with Crippen LogP contribution in [0.5, 0.6) is 5.75 Å². The summed E-state index contributed by atoms with van der Waals surface area (Å²) >= 11 is 0. The average molecular weight is 382 g/mol. The summed E-state index contributed by atoms with van der Waals surface area (Å²) in [6.07, 6.45) is 0. The highest BCUT2D eigenvalue weighted by molar-refractivity contribution is 5.94. The van der Waals surface area contributed by atoms with E-state index < -0.39 is 5.60 Å². The molecule has 0 fully saturated rings. The normalized spacial score (nSPS) is 10.9. The first-order chi connectivity index (χ1) is 12.6. The number of ether oxygens (including phenoxy) is 1. The third kappa shape index (κ3) is 4.57. The maximum Gasteiger partial charge on any atom is 0.218 e. The van der Waals surface area contributed by atoms with Crippen LogP contribution in [0.1, 0.15) is 11.1 Å². The molecule has 0 aromatic heterocycles. The SMILES string of the molecule is CN(C)CC(=O)C(Oc1ccccc1)(c1ccccc1)c1ccccc1.Cl. The number of hydrogen-bond donors (Lipinski definition) is 0. The lowest BCUT2D eigenvalue weighted by Gasteiger charge is -2.35. The van der Waals surface area contributed by atoms with Crippen molar-refractivity contribution >= 4 is 18.2 Å². The summed E-state index contributed by atoms with van der Waals surface area (Å²) in [7, 11) is 3.78. The number of benzene rings is 3. The molecule has 0 spiro atoms. The summed E-state index contributed by atoms with van der Waals surface area (Å²) in [6.45, 7) is 0.274. The van der Waals surface area contributed by atoms with Crippen LogP contribution in [0.3, 0.4) is 0 Å². The van der Waals surface area contributed by atoms with Crippen molar-refractivity contribution < 1.29 is 9.53 Å². The van der Waals surface area contributed by atoms with Crippen molar-refractivity contribution in [1.82, 2.24) is 4.90 Å². The molecule has 3 nitrogen and oxygen atoms in total. The van der Waals surface area contributed by atoms with E-state index in [9.17, 15) is 4.79 Å². The summed E-state index contributed by atoms with van der Waals surface area (Å²) in [5, 5.41) is 0. The number of halogens is 1. The van der Waals surface area contributed by atoms with E-state index in [2.05, 4.69) is 0 Å². The van der Waals surface area contributed by atoms with Gasteiger partial charge in [0.2, 0.25) is 5.60 Å². The Hall–Kier alpha value is -2.62. The van der Waals surface area contributed by atoms with Crippen molar-refractivity contribution in [1.29, 1.82) is 0 Å². The number of nitrogens with zero attached hydrogens (tertiary/aromatic N) is 1. The van der Waals surface area contributed by atoms with Crippen molar-refractivity contribution in [2.24, 2.45) is 0 Å². The fraction of sp³-hybridized carbons (Fsp3) is 0.174. The summed E-state index contributed by atoms with van der Waals surface area (Å²) < 4.78 is 6.46. The number of hydrogen-bond acceptors (Lipinski definition) is 3. The van der Waals surface area contributed by atoms with E-state index in [4.69, 9.17) is 4.74 Å². The standard InChI is InChI=1S/C23H23NO2.ClH/c1-24(2)18-22(25)23(19-12-6-3-7-13-19,20-14-8-4-9-15-20)26-21-16-10-5-11-17-21;/h3-17H,18H2,1-2H3;1H. The predicted molar refractivity (Wildman–Crippen MR) is 112 cm³/mol. The molecule has 0 saturated heterocycles. The van der Waals surface area contributed by atoms with Gasteiger partial charge in [-0.15, -0.1) is 12.4 Å². The van der Waals surface area contributed by atoms with Crippen LogP contribution in [0.15, 0.2) is 91.0 Å². The van der Waals surface area contributed by atoms with Crippen LogP contribution in [0.2, 0.25) is 0 Å². The molecule has 140 valence electrons. The minimum atomic E-state index is -1.20. The maximum absolute atomic E-state index is 13.5. The molecule has 0 aliphatic heterocycles. The first-order valence-electron chi connectivity index (χ1n) is 8.66. The van der Waals surface area contributed by atoms with E-state index in [0.717, 1.165) is 11.1 Å². The molecule has 0 N–H and O–H groups in total. The van der Waals surface area contributed by atoms with Gasteiger partial charge in [-0.3, -0.25) is 4.79 Å². The van der Waals surface area contributed by atoms with Gasteiger partial charge in [-0.05, 0) is 26.2 Å². The highest BCUT2D eigenvalue weighted by atomic mass is 35.5. The molecule has 3 aromatic carbocycles. The molecule has 3 aromatic rings. The molecule has 0 unspecified atom stereocenters. The smallest absolute Gasteiger partial charge is 0.218 e.